The monoisotopic (exact) mass is 294 g/mol. The number of nitrogens with one attached hydrogen (secondary N) is 1. The third-order valence-corrected chi connectivity index (χ3v) is 5.02. The molecule has 1 unspecified atom stereocenters. The van der Waals surface area contributed by atoms with Gasteiger partial charge in [-0.2, -0.15) is 0 Å². The molecule has 0 saturated carbocycles. The Labute approximate surface area is 122 Å². The number of nitrogens with zero attached hydrogens (tertiary/aromatic N) is 3. The number of thioether (sulfide) groups is 1. The molecule has 1 aromatic carbocycles. The Morgan fingerprint density at radius 2 is 2.00 bits per heavy atom. The van der Waals surface area contributed by atoms with Crippen molar-refractivity contribution in [2.45, 2.75) is 10.4 Å². The molecule has 1 heterocycles. The minimum absolute atomic E-state index is 0.331. The summed E-state index contributed by atoms with van der Waals surface area (Å²) < 4.78 is 1.01. The van der Waals surface area contributed by atoms with Gasteiger partial charge in [0.25, 0.3) is 0 Å². The molecule has 0 aliphatic heterocycles. The molecule has 0 radical (unpaired) electrons. The Kier molecular flexibility index (Phi) is 5.18. The first-order chi connectivity index (χ1) is 9.20. The highest BCUT2D eigenvalue weighted by Gasteiger charge is 2.12. The van der Waals surface area contributed by atoms with E-state index in [1.807, 2.05) is 32.1 Å². The summed E-state index contributed by atoms with van der Waals surface area (Å²) in [5, 5.41) is 12.6. The van der Waals surface area contributed by atoms with Crippen LogP contribution in [0.4, 0.5) is 5.13 Å². The lowest BCUT2D eigenvalue weighted by Gasteiger charge is -2.15. The van der Waals surface area contributed by atoms with Crippen molar-refractivity contribution in [3.63, 3.8) is 0 Å². The van der Waals surface area contributed by atoms with Crippen molar-refractivity contribution in [3.8, 4) is 0 Å². The van der Waals surface area contributed by atoms with E-state index in [2.05, 4.69) is 39.8 Å². The second-order valence-corrected chi connectivity index (χ2v) is 6.53. The van der Waals surface area contributed by atoms with Gasteiger partial charge in [-0.05, 0) is 12.6 Å². The van der Waals surface area contributed by atoms with Crippen molar-refractivity contribution >= 4 is 28.2 Å². The van der Waals surface area contributed by atoms with Crippen LogP contribution in [0.25, 0.3) is 0 Å². The highest BCUT2D eigenvalue weighted by Crippen LogP contribution is 2.29. The van der Waals surface area contributed by atoms with Crippen LogP contribution in [0.2, 0.25) is 0 Å². The standard InChI is InChI=1S/C13H18N4S2/c1-14-11(10-7-5-4-6-8-10)9-18-13-16-15-12(19-13)17(2)3/h4-8,11,14H,9H2,1-3H3. The summed E-state index contributed by atoms with van der Waals surface area (Å²) in [5.74, 6) is 0.947. The van der Waals surface area contributed by atoms with Crippen molar-refractivity contribution in [1.82, 2.24) is 15.5 Å². The van der Waals surface area contributed by atoms with E-state index >= 15 is 0 Å². The highest BCUT2D eigenvalue weighted by molar-refractivity contribution is 8.01. The first kappa shape index (κ1) is 14.3. The number of benzene rings is 1. The van der Waals surface area contributed by atoms with Gasteiger partial charge in [0.2, 0.25) is 5.13 Å². The van der Waals surface area contributed by atoms with E-state index in [1.165, 1.54) is 5.56 Å². The second kappa shape index (κ2) is 6.88. The number of aromatic nitrogens is 2. The molecular formula is C13H18N4S2. The summed E-state index contributed by atoms with van der Waals surface area (Å²) >= 11 is 3.37. The molecule has 0 saturated heterocycles. The van der Waals surface area contributed by atoms with E-state index in [0.717, 1.165) is 15.2 Å². The molecule has 1 aromatic heterocycles. The van der Waals surface area contributed by atoms with Gasteiger partial charge in [0.1, 0.15) is 0 Å². The molecule has 1 atom stereocenters. The van der Waals surface area contributed by atoms with Gasteiger partial charge in [0.15, 0.2) is 4.34 Å². The molecule has 0 fully saturated rings. The molecule has 2 rings (SSSR count). The molecule has 0 spiro atoms. The maximum absolute atomic E-state index is 4.20. The summed E-state index contributed by atoms with van der Waals surface area (Å²) in [7, 11) is 5.95. The molecular weight excluding hydrogens is 276 g/mol. The zero-order valence-electron chi connectivity index (χ0n) is 11.3. The second-order valence-electron chi connectivity index (χ2n) is 4.31. The Hall–Kier alpha value is -1.11. The Morgan fingerprint density at radius 3 is 2.58 bits per heavy atom. The van der Waals surface area contributed by atoms with Crippen LogP contribution in [-0.4, -0.2) is 37.1 Å². The lowest BCUT2D eigenvalue weighted by Crippen LogP contribution is -2.18. The van der Waals surface area contributed by atoms with Gasteiger partial charge in [-0.15, -0.1) is 10.2 Å². The van der Waals surface area contributed by atoms with Gasteiger partial charge >= 0.3 is 0 Å². The van der Waals surface area contributed by atoms with Crippen LogP contribution in [0.3, 0.4) is 0 Å². The number of rotatable bonds is 6. The highest BCUT2D eigenvalue weighted by atomic mass is 32.2. The Balaban J connectivity index is 1.96. The average molecular weight is 294 g/mol. The third-order valence-electron chi connectivity index (χ3n) is 2.70. The molecule has 1 N–H and O–H groups in total. The molecule has 0 amide bonds. The maximum atomic E-state index is 4.20. The van der Waals surface area contributed by atoms with Crippen molar-refractivity contribution < 1.29 is 0 Å². The Bertz CT molecular complexity index is 498. The molecule has 102 valence electrons. The minimum atomic E-state index is 0.331. The quantitative estimate of drug-likeness (QED) is 0.830. The van der Waals surface area contributed by atoms with E-state index in [9.17, 15) is 0 Å². The molecule has 4 nitrogen and oxygen atoms in total. The first-order valence-electron chi connectivity index (χ1n) is 6.06. The zero-order valence-corrected chi connectivity index (χ0v) is 13.0. The van der Waals surface area contributed by atoms with Gasteiger partial charge in [0, 0.05) is 25.9 Å². The largest absolute Gasteiger partial charge is 0.353 e. The number of hydrogen-bond donors (Lipinski definition) is 1. The van der Waals surface area contributed by atoms with E-state index in [-0.39, 0.29) is 0 Å². The SMILES string of the molecule is CNC(CSc1nnc(N(C)C)s1)c1ccccc1. The van der Waals surface area contributed by atoms with Gasteiger partial charge in [-0.3, -0.25) is 0 Å². The lowest BCUT2D eigenvalue weighted by molar-refractivity contribution is 0.661. The fourth-order valence-electron chi connectivity index (χ4n) is 1.63. The van der Waals surface area contributed by atoms with E-state index in [0.29, 0.717) is 6.04 Å². The van der Waals surface area contributed by atoms with Crippen molar-refractivity contribution in [3.05, 3.63) is 35.9 Å². The maximum Gasteiger partial charge on any atom is 0.208 e. The fourth-order valence-corrected chi connectivity index (χ4v) is 3.56. The van der Waals surface area contributed by atoms with Gasteiger partial charge in [-0.25, -0.2) is 0 Å². The van der Waals surface area contributed by atoms with Gasteiger partial charge < -0.3 is 10.2 Å². The zero-order chi connectivity index (χ0) is 13.7. The van der Waals surface area contributed by atoms with Crippen molar-refractivity contribution in [1.29, 1.82) is 0 Å². The molecule has 0 bridgehead atoms. The van der Waals surface area contributed by atoms with Crippen LogP contribution in [0.15, 0.2) is 34.7 Å². The average Bonchev–Trinajstić information content (AvgIpc) is 2.90. The predicted octanol–water partition coefficient (Wildman–Crippen LogP) is 2.66. The topological polar surface area (TPSA) is 41.1 Å². The van der Waals surface area contributed by atoms with Crippen LogP contribution in [0.1, 0.15) is 11.6 Å². The van der Waals surface area contributed by atoms with Crippen LogP contribution in [0.5, 0.6) is 0 Å². The summed E-state index contributed by atoms with van der Waals surface area (Å²) in [6, 6.07) is 10.8. The minimum Gasteiger partial charge on any atom is -0.353 e. The number of hydrogen-bond acceptors (Lipinski definition) is 6. The van der Waals surface area contributed by atoms with Gasteiger partial charge in [-0.1, -0.05) is 53.4 Å². The molecule has 2 aromatic rings. The van der Waals surface area contributed by atoms with Crippen LogP contribution >= 0.6 is 23.1 Å². The normalized spacial score (nSPS) is 12.4. The van der Waals surface area contributed by atoms with E-state index in [4.69, 9.17) is 0 Å². The van der Waals surface area contributed by atoms with Crippen molar-refractivity contribution in [2.75, 3.05) is 31.8 Å². The number of anilines is 1. The van der Waals surface area contributed by atoms with E-state index in [1.54, 1.807) is 23.1 Å². The molecule has 6 heteroatoms. The smallest absolute Gasteiger partial charge is 0.208 e. The summed E-state index contributed by atoms with van der Waals surface area (Å²) in [6.07, 6.45) is 0. The fraction of sp³-hybridized carbons (Fsp3) is 0.385. The Morgan fingerprint density at radius 1 is 1.26 bits per heavy atom. The van der Waals surface area contributed by atoms with E-state index < -0.39 is 0 Å². The summed E-state index contributed by atoms with van der Waals surface area (Å²) in [6.45, 7) is 0. The predicted molar refractivity (Wildman–Crippen MR) is 83.2 cm³/mol. The molecule has 0 aliphatic carbocycles. The van der Waals surface area contributed by atoms with Gasteiger partial charge in [0.05, 0.1) is 0 Å². The van der Waals surface area contributed by atoms with Crippen LogP contribution < -0.4 is 10.2 Å². The van der Waals surface area contributed by atoms with Crippen molar-refractivity contribution in [2.24, 2.45) is 0 Å². The summed E-state index contributed by atoms with van der Waals surface area (Å²) in [4.78, 5) is 1.98. The van der Waals surface area contributed by atoms with Crippen LogP contribution in [-0.2, 0) is 0 Å². The van der Waals surface area contributed by atoms with Crippen LogP contribution in [0, 0.1) is 0 Å². The lowest BCUT2D eigenvalue weighted by atomic mass is 10.1. The molecule has 19 heavy (non-hydrogen) atoms. The first-order valence-corrected chi connectivity index (χ1v) is 7.86. The summed E-state index contributed by atoms with van der Waals surface area (Å²) in [5.41, 5.74) is 1.30. The third kappa shape index (κ3) is 3.92. The molecule has 0 aliphatic rings.